The third-order valence-electron chi connectivity index (χ3n) is 5.66. The van der Waals surface area contributed by atoms with Crippen LogP contribution in [-0.2, 0) is 0 Å². The maximum Gasteiger partial charge on any atom is 0.196 e. The van der Waals surface area contributed by atoms with E-state index in [-0.39, 0.29) is 16.7 Å². The average Bonchev–Trinajstić information content (AvgIpc) is 3.20. The molecule has 5 heteroatoms. The maximum absolute atomic E-state index is 13.8. The fourth-order valence-corrected chi connectivity index (χ4v) is 7.10. The van der Waals surface area contributed by atoms with Gasteiger partial charge in [0.25, 0.3) is 0 Å². The largest absolute Gasteiger partial charge is 0.497 e. The first-order valence-corrected chi connectivity index (χ1v) is 11.5. The van der Waals surface area contributed by atoms with Gasteiger partial charge in [-0.1, -0.05) is 30.5 Å². The SMILES string of the molecule is COc1ccc(C(=O)P(C(=O)c2c(C)cc(C)cc2C)C2CCCC2)c(OC)c1. The first-order chi connectivity index (χ1) is 13.9. The second-order valence-corrected chi connectivity index (χ2v) is 10.0. The highest BCUT2D eigenvalue weighted by Crippen LogP contribution is 2.55. The van der Waals surface area contributed by atoms with Gasteiger partial charge in [-0.05, 0) is 62.5 Å². The standard InChI is InChI=1S/C24H29O4P/c1-15-12-16(2)22(17(3)13-15)24(26)29(19-8-6-7-9-19)23(25)20-11-10-18(27-4)14-21(20)28-5/h10-14,19H,6-9H2,1-5H3. The van der Waals surface area contributed by atoms with Gasteiger partial charge in [0.1, 0.15) is 11.5 Å². The molecule has 0 aliphatic heterocycles. The number of aryl methyl sites for hydroxylation is 3. The zero-order chi connectivity index (χ0) is 21.1. The molecule has 0 amide bonds. The lowest BCUT2D eigenvalue weighted by Gasteiger charge is -2.24. The number of carbonyl (C=O) groups excluding carboxylic acids is 2. The Labute approximate surface area is 174 Å². The lowest BCUT2D eigenvalue weighted by Crippen LogP contribution is -2.17. The molecule has 2 aromatic rings. The Kier molecular flexibility index (Phi) is 6.74. The van der Waals surface area contributed by atoms with Crippen molar-refractivity contribution in [3.8, 4) is 11.5 Å². The molecule has 0 aromatic heterocycles. The van der Waals surface area contributed by atoms with Gasteiger partial charge >= 0.3 is 0 Å². The third-order valence-corrected chi connectivity index (χ3v) is 8.24. The summed E-state index contributed by atoms with van der Waals surface area (Å²) in [6, 6.07) is 9.25. The molecule has 1 fully saturated rings. The Balaban J connectivity index is 2.07. The first kappa shape index (κ1) is 21.5. The molecule has 0 saturated heterocycles. The molecule has 0 N–H and O–H groups in total. The number of ether oxygens (including phenoxy) is 2. The number of hydrogen-bond donors (Lipinski definition) is 0. The number of rotatable bonds is 7. The van der Waals surface area contributed by atoms with E-state index in [2.05, 4.69) is 0 Å². The van der Waals surface area contributed by atoms with Crippen LogP contribution in [0.1, 0.15) is 63.1 Å². The van der Waals surface area contributed by atoms with Gasteiger partial charge in [0.2, 0.25) is 0 Å². The summed E-state index contributed by atoms with van der Waals surface area (Å²) >= 11 is 0. The van der Waals surface area contributed by atoms with E-state index in [4.69, 9.17) is 9.47 Å². The minimum atomic E-state index is -1.51. The Morgan fingerprint density at radius 3 is 2.07 bits per heavy atom. The van der Waals surface area contributed by atoms with Crippen molar-refractivity contribution in [2.45, 2.75) is 52.1 Å². The summed E-state index contributed by atoms with van der Waals surface area (Å²) in [7, 11) is 1.61. The van der Waals surface area contributed by atoms with E-state index >= 15 is 0 Å². The van der Waals surface area contributed by atoms with E-state index in [1.54, 1.807) is 32.4 Å². The Morgan fingerprint density at radius 1 is 0.897 bits per heavy atom. The first-order valence-electron chi connectivity index (χ1n) is 10.0. The molecular formula is C24H29O4P. The zero-order valence-electron chi connectivity index (χ0n) is 17.9. The van der Waals surface area contributed by atoms with E-state index in [0.29, 0.717) is 17.1 Å². The van der Waals surface area contributed by atoms with Crippen molar-refractivity contribution in [2.24, 2.45) is 0 Å². The molecule has 29 heavy (non-hydrogen) atoms. The van der Waals surface area contributed by atoms with E-state index in [0.717, 1.165) is 47.9 Å². The Bertz CT molecular complexity index is 905. The fourth-order valence-electron chi connectivity index (χ4n) is 4.33. The van der Waals surface area contributed by atoms with Crippen LogP contribution in [0.4, 0.5) is 0 Å². The van der Waals surface area contributed by atoms with Gasteiger partial charge in [-0.3, -0.25) is 9.59 Å². The average molecular weight is 412 g/mol. The highest BCUT2D eigenvalue weighted by molar-refractivity contribution is 7.90. The number of hydrogen-bond acceptors (Lipinski definition) is 4. The summed E-state index contributed by atoms with van der Waals surface area (Å²) in [6.07, 6.45) is 4.03. The van der Waals surface area contributed by atoms with Gasteiger partial charge < -0.3 is 9.47 Å². The fraction of sp³-hybridized carbons (Fsp3) is 0.417. The van der Waals surface area contributed by atoms with Crippen molar-refractivity contribution in [2.75, 3.05) is 14.2 Å². The van der Waals surface area contributed by atoms with Crippen molar-refractivity contribution in [1.29, 1.82) is 0 Å². The molecule has 1 aliphatic rings. The molecule has 4 nitrogen and oxygen atoms in total. The molecule has 0 heterocycles. The van der Waals surface area contributed by atoms with Crippen molar-refractivity contribution >= 4 is 19.0 Å². The summed E-state index contributed by atoms with van der Waals surface area (Å²) in [5, 5.41) is 0. The van der Waals surface area contributed by atoms with Crippen LogP contribution in [0.25, 0.3) is 0 Å². The van der Waals surface area contributed by atoms with Crippen LogP contribution in [-0.4, -0.2) is 30.9 Å². The Hall–Kier alpha value is -2.19. The van der Waals surface area contributed by atoms with Crippen LogP contribution < -0.4 is 9.47 Å². The van der Waals surface area contributed by atoms with Gasteiger partial charge in [0, 0.05) is 19.6 Å². The van der Waals surface area contributed by atoms with Crippen LogP contribution in [0.2, 0.25) is 0 Å². The van der Waals surface area contributed by atoms with Gasteiger partial charge in [-0.2, -0.15) is 0 Å². The lowest BCUT2D eigenvalue weighted by molar-refractivity contribution is 0.104. The van der Waals surface area contributed by atoms with Gasteiger partial charge in [-0.25, -0.2) is 0 Å². The van der Waals surface area contributed by atoms with Gasteiger partial charge in [0.15, 0.2) is 11.0 Å². The topological polar surface area (TPSA) is 52.6 Å². The quantitative estimate of drug-likeness (QED) is 0.521. The van der Waals surface area contributed by atoms with Crippen molar-refractivity contribution in [1.82, 2.24) is 0 Å². The van der Waals surface area contributed by atoms with Crippen LogP contribution in [0.15, 0.2) is 30.3 Å². The van der Waals surface area contributed by atoms with E-state index in [1.165, 1.54) is 0 Å². The minimum absolute atomic E-state index is 0.00442. The van der Waals surface area contributed by atoms with Crippen LogP contribution in [0.3, 0.4) is 0 Å². The van der Waals surface area contributed by atoms with E-state index in [1.807, 2.05) is 32.9 Å². The lowest BCUT2D eigenvalue weighted by atomic mass is 10.0. The predicted molar refractivity (Wildman–Crippen MR) is 118 cm³/mol. The highest BCUT2D eigenvalue weighted by Gasteiger charge is 2.39. The van der Waals surface area contributed by atoms with Crippen molar-refractivity contribution in [3.63, 3.8) is 0 Å². The molecule has 0 radical (unpaired) electrons. The molecular weight excluding hydrogens is 383 g/mol. The summed E-state index contributed by atoms with van der Waals surface area (Å²) in [4.78, 5) is 27.5. The van der Waals surface area contributed by atoms with E-state index in [9.17, 15) is 9.59 Å². The second-order valence-electron chi connectivity index (χ2n) is 7.76. The zero-order valence-corrected chi connectivity index (χ0v) is 18.8. The molecule has 1 unspecified atom stereocenters. The van der Waals surface area contributed by atoms with Gasteiger partial charge in [0.05, 0.1) is 19.8 Å². The second kappa shape index (κ2) is 9.09. The number of methoxy groups -OCH3 is 2. The Morgan fingerprint density at radius 2 is 1.52 bits per heavy atom. The summed E-state index contributed by atoms with van der Waals surface area (Å²) in [5.41, 5.74) is 4.28. The monoisotopic (exact) mass is 412 g/mol. The summed E-state index contributed by atoms with van der Waals surface area (Å²) in [5.74, 6) is 1.09. The summed E-state index contributed by atoms with van der Waals surface area (Å²) < 4.78 is 10.7. The molecule has 0 spiro atoms. The molecule has 3 rings (SSSR count). The predicted octanol–water partition coefficient (Wildman–Crippen LogP) is 6.03. The van der Waals surface area contributed by atoms with Crippen LogP contribution >= 0.6 is 7.92 Å². The smallest absolute Gasteiger partial charge is 0.196 e. The molecule has 154 valence electrons. The van der Waals surface area contributed by atoms with Crippen LogP contribution in [0.5, 0.6) is 11.5 Å². The number of benzene rings is 2. The molecule has 0 bridgehead atoms. The minimum Gasteiger partial charge on any atom is -0.497 e. The highest BCUT2D eigenvalue weighted by atomic mass is 31.1. The van der Waals surface area contributed by atoms with Crippen molar-refractivity contribution < 1.29 is 19.1 Å². The molecule has 1 saturated carbocycles. The molecule has 2 aromatic carbocycles. The maximum atomic E-state index is 13.8. The van der Waals surface area contributed by atoms with Gasteiger partial charge in [-0.15, -0.1) is 0 Å². The molecule has 1 atom stereocenters. The normalized spacial score (nSPS) is 15.2. The number of carbonyl (C=O) groups is 2. The molecule has 1 aliphatic carbocycles. The summed E-state index contributed by atoms with van der Waals surface area (Å²) in [6.45, 7) is 5.96. The van der Waals surface area contributed by atoms with Crippen molar-refractivity contribution in [3.05, 3.63) is 58.1 Å². The van der Waals surface area contributed by atoms with E-state index < -0.39 is 7.92 Å². The van der Waals surface area contributed by atoms with Crippen LogP contribution in [0, 0.1) is 20.8 Å². The third kappa shape index (κ3) is 4.38.